The maximum absolute atomic E-state index is 13.9. The lowest BCUT2D eigenvalue weighted by Gasteiger charge is -2.17. The van der Waals surface area contributed by atoms with E-state index < -0.39 is 22.6 Å². The second kappa shape index (κ2) is 6.68. The summed E-state index contributed by atoms with van der Waals surface area (Å²) in [5, 5.41) is 13.3. The Labute approximate surface area is 142 Å². The average Bonchev–Trinajstić information content (AvgIpc) is 2.97. The summed E-state index contributed by atoms with van der Waals surface area (Å²) in [4.78, 5) is 35.9. The molecular formula is C17H14FN3O4. The van der Waals surface area contributed by atoms with Gasteiger partial charge in [-0.15, -0.1) is 0 Å². The van der Waals surface area contributed by atoms with Crippen LogP contribution in [0.3, 0.4) is 0 Å². The van der Waals surface area contributed by atoms with E-state index in [1.807, 2.05) is 0 Å². The number of halogens is 1. The van der Waals surface area contributed by atoms with Crippen molar-refractivity contribution >= 4 is 28.9 Å². The highest BCUT2D eigenvalue weighted by Crippen LogP contribution is 2.28. The van der Waals surface area contributed by atoms with Crippen LogP contribution in [0.2, 0.25) is 0 Å². The number of para-hydroxylation sites is 1. The SMILES string of the molecule is O=C(Nc1cccc([N+](=O)[O-])c1)[C@@H]1CC(=O)N(c2ccccc2F)C1. The molecule has 8 heteroatoms. The van der Waals surface area contributed by atoms with Crippen LogP contribution in [-0.2, 0) is 9.59 Å². The molecule has 0 aromatic heterocycles. The lowest BCUT2D eigenvalue weighted by Crippen LogP contribution is -2.28. The maximum Gasteiger partial charge on any atom is 0.271 e. The fourth-order valence-corrected chi connectivity index (χ4v) is 2.73. The normalized spacial score (nSPS) is 16.8. The van der Waals surface area contributed by atoms with E-state index in [4.69, 9.17) is 0 Å². The Kier molecular flexibility index (Phi) is 4.42. The number of carbonyl (C=O) groups excluding carboxylic acids is 2. The predicted octanol–water partition coefficient (Wildman–Crippen LogP) is 2.73. The number of nitrogens with one attached hydrogen (secondary N) is 1. The first-order valence-electron chi connectivity index (χ1n) is 7.56. The number of amides is 2. The summed E-state index contributed by atoms with van der Waals surface area (Å²) in [5.41, 5.74) is 0.266. The van der Waals surface area contributed by atoms with E-state index in [2.05, 4.69) is 5.32 Å². The van der Waals surface area contributed by atoms with Gasteiger partial charge < -0.3 is 10.2 Å². The molecule has 1 fully saturated rings. The van der Waals surface area contributed by atoms with Crippen LogP contribution in [0.5, 0.6) is 0 Å². The molecule has 7 nitrogen and oxygen atoms in total. The minimum atomic E-state index is -0.661. The van der Waals surface area contributed by atoms with E-state index in [9.17, 15) is 24.1 Å². The third-order valence-electron chi connectivity index (χ3n) is 3.96. The molecule has 2 amide bonds. The highest BCUT2D eigenvalue weighted by atomic mass is 19.1. The molecule has 0 unspecified atom stereocenters. The highest BCUT2D eigenvalue weighted by Gasteiger charge is 2.36. The van der Waals surface area contributed by atoms with Crippen molar-refractivity contribution in [2.24, 2.45) is 5.92 Å². The Morgan fingerprint density at radius 2 is 2.00 bits per heavy atom. The maximum atomic E-state index is 13.9. The van der Waals surface area contributed by atoms with Crippen molar-refractivity contribution < 1.29 is 18.9 Å². The molecule has 0 aliphatic carbocycles. The average molecular weight is 343 g/mol. The van der Waals surface area contributed by atoms with E-state index in [0.717, 1.165) is 0 Å². The van der Waals surface area contributed by atoms with Crippen molar-refractivity contribution in [1.82, 2.24) is 0 Å². The summed E-state index contributed by atoms with van der Waals surface area (Å²) in [5.74, 6) is -1.97. The predicted molar refractivity (Wildman–Crippen MR) is 88.6 cm³/mol. The van der Waals surface area contributed by atoms with Gasteiger partial charge in [-0.2, -0.15) is 0 Å². The second-order valence-corrected chi connectivity index (χ2v) is 5.65. The summed E-state index contributed by atoms with van der Waals surface area (Å²) in [6.45, 7) is 0.0561. The van der Waals surface area contributed by atoms with Crippen molar-refractivity contribution in [3.05, 3.63) is 64.5 Å². The zero-order valence-corrected chi connectivity index (χ0v) is 13.0. The van der Waals surface area contributed by atoms with Crippen LogP contribution in [0, 0.1) is 21.8 Å². The molecular weight excluding hydrogens is 329 g/mol. The van der Waals surface area contributed by atoms with Gasteiger partial charge in [0.15, 0.2) is 0 Å². The number of nitrogens with zero attached hydrogens (tertiary/aromatic N) is 2. The number of hydrogen-bond acceptors (Lipinski definition) is 4. The van der Waals surface area contributed by atoms with Crippen molar-refractivity contribution in [3.63, 3.8) is 0 Å². The lowest BCUT2D eigenvalue weighted by molar-refractivity contribution is -0.384. The number of hydrogen-bond donors (Lipinski definition) is 1. The molecule has 1 saturated heterocycles. The van der Waals surface area contributed by atoms with Gasteiger partial charge in [0.2, 0.25) is 11.8 Å². The minimum absolute atomic E-state index is 0.0465. The number of carbonyl (C=O) groups is 2. The number of anilines is 2. The number of non-ortho nitro benzene ring substituents is 1. The van der Waals surface area contributed by atoms with Crippen LogP contribution in [0.1, 0.15) is 6.42 Å². The molecule has 2 aromatic rings. The Morgan fingerprint density at radius 3 is 2.72 bits per heavy atom. The van der Waals surface area contributed by atoms with Gasteiger partial charge in [-0.3, -0.25) is 19.7 Å². The van der Waals surface area contributed by atoms with E-state index >= 15 is 0 Å². The van der Waals surface area contributed by atoms with E-state index in [0.29, 0.717) is 0 Å². The minimum Gasteiger partial charge on any atom is -0.326 e. The topological polar surface area (TPSA) is 92.5 Å². The zero-order valence-electron chi connectivity index (χ0n) is 13.0. The van der Waals surface area contributed by atoms with Crippen LogP contribution >= 0.6 is 0 Å². The summed E-state index contributed by atoms with van der Waals surface area (Å²) in [6.07, 6.45) is -0.0465. The summed E-state index contributed by atoms with van der Waals surface area (Å²) in [7, 11) is 0. The number of nitro groups is 1. The molecule has 1 aliphatic heterocycles. The van der Waals surface area contributed by atoms with Gasteiger partial charge in [0.25, 0.3) is 5.69 Å². The molecule has 25 heavy (non-hydrogen) atoms. The molecule has 1 heterocycles. The number of rotatable bonds is 4. The second-order valence-electron chi connectivity index (χ2n) is 5.65. The Hall–Kier alpha value is -3.29. The van der Waals surface area contributed by atoms with Crippen molar-refractivity contribution in [2.45, 2.75) is 6.42 Å². The summed E-state index contributed by atoms with van der Waals surface area (Å²) >= 11 is 0. The van der Waals surface area contributed by atoms with E-state index in [1.54, 1.807) is 6.07 Å². The van der Waals surface area contributed by atoms with Gasteiger partial charge in [-0.1, -0.05) is 18.2 Å². The van der Waals surface area contributed by atoms with Crippen LogP contribution in [-0.4, -0.2) is 23.3 Å². The van der Waals surface area contributed by atoms with Crippen LogP contribution < -0.4 is 10.2 Å². The molecule has 128 valence electrons. The standard InChI is InChI=1S/C17H14FN3O4/c18-14-6-1-2-7-15(14)20-10-11(8-16(20)22)17(23)19-12-4-3-5-13(9-12)21(24)25/h1-7,9,11H,8,10H2,(H,19,23)/t11-/m1/s1. The van der Waals surface area contributed by atoms with Crippen LogP contribution in [0.4, 0.5) is 21.5 Å². The summed E-state index contributed by atoms with van der Waals surface area (Å²) in [6, 6.07) is 11.4. The summed E-state index contributed by atoms with van der Waals surface area (Å²) < 4.78 is 13.9. The fourth-order valence-electron chi connectivity index (χ4n) is 2.73. The number of nitro benzene ring substituents is 1. The highest BCUT2D eigenvalue weighted by molar-refractivity contribution is 6.03. The molecule has 2 aromatic carbocycles. The van der Waals surface area contributed by atoms with Gasteiger partial charge in [-0.05, 0) is 18.2 Å². The smallest absolute Gasteiger partial charge is 0.271 e. The third-order valence-corrected chi connectivity index (χ3v) is 3.96. The van der Waals surface area contributed by atoms with Gasteiger partial charge in [0.05, 0.1) is 16.5 Å². The Bertz CT molecular complexity index is 855. The molecule has 0 bridgehead atoms. The van der Waals surface area contributed by atoms with Crippen LogP contribution in [0.15, 0.2) is 48.5 Å². The third kappa shape index (κ3) is 3.47. The van der Waals surface area contributed by atoms with E-state index in [-0.39, 0.29) is 35.9 Å². The molecule has 0 radical (unpaired) electrons. The lowest BCUT2D eigenvalue weighted by atomic mass is 10.1. The Morgan fingerprint density at radius 1 is 1.24 bits per heavy atom. The van der Waals surface area contributed by atoms with Crippen molar-refractivity contribution in [3.8, 4) is 0 Å². The molecule has 0 saturated carbocycles. The quantitative estimate of drug-likeness (QED) is 0.682. The van der Waals surface area contributed by atoms with Crippen molar-refractivity contribution in [1.29, 1.82) is 0 Å². The zero-order chi connectivity index (χ0) is 18.0. The van der Waals surface area contributed by atoms with Crippen LogP contribution in [0.25, 0.3) is 0 Å². The van der Waals surface area contributed by atoms with Gasteiger partial charge in [0, 0.05) is 30.8 Å². The van der Waals surface area contributed by atoms with Gasteiger partial charge in [-0.25, -0.2) is 4.39 Å². The first-order valence-corrected chi connectivity index (χ1v) is 7.56. The largest absolute Gasteiger partial charge is 0.326 e. The van der Waals surface area contributed by atoms with Gasteiger partial charge in [0.1, 0.15) is 5.82 Å². The molecule has 3 rings (SSSR count). The first-order chi connectivity index (χ1) is 12.0. The molecule has 1 aliphatic rings. The number of benzene rings is 2. The first kappa shape index (κ1) is 16.6. The fraction of sp³-hybridized carbons (Fsp3) is 0.176. The molecule has 1 N–H and O–H groups in total. The molecule has 0 spiro atoms. The van der Waals surface area contributed by atoms with E-state index in [1.165, 1.54) is 47.4 Å². The Balaban J connectivity index is 1.72. The molecule has 1 atom stereocenters. The monoisotopic (exact) mass is 343 g/mol. The van der Waals surface area contributed by atoms with Gasteiger partial charge >= 0.3 is 0 Å². The van der Waals surface area contributed by atoms with Crippen molar-refractivity contribution in [2.75, 3.05) is 16.8 Å².